The third-order valence-corrected chi connectivity index (χ3v) is 5.11. The number of hydrogen-bond acceptors (Lipinski definition) is 6. The first-order valence-electron chi connectivity index (χ1n) is 9.46. The van der Waals surface area contributed by atoms with E-state index in [9.17, 15) is 14.4 Å². The lowest BCUT2D eigenvalue weighted by molar-refractivity contribution is 0.0500. The van der Waals surface area contributed by atoms with E-state index in [1.165, 1.54) is 23.5 Å². The Balaban J connectivity index is 1.66. The molecule has 0 bridgehead atoms. The van der Waals surface area contributed by atoms with Gasteiger partial charge in [0, 0.05) is 22.8 Å². The molecule has 0 unspecified atom stereocenters. The Morgan fingerprint density at radius 3 is 2.63 bits per heavy atom. The molecule has 0 fully saturated rings. The number of hydrogen-bond donors (Lipinski definition) is 1. The summed E-state index contributed by atoms with van der Waals surface area (Å²) < 4.78 is 18.3. The lowest BCUT2D eigenvalue weighted by Gasteiger charge is -2.05. The molecule has 0 amide bonds. The molecule has 0 saturated heterocycles. The number of esters is 1. The number of carbonyl (C=O) groups excluding carboxylic acids is 1. The molecule has 30 heavy (non-hydrogen) atoms. The van der Waals surface area contributed by atoms with Gasteiger partial charge >= 0.3 is 5.97 Å². The van der Waals surface area contributed by atoms with E-state index < -0.39 is 0 Å². The first-order valence-corrected chi connectivity index (χ1v) is 10.3. The summed E-state index contributed by atoms with van der Waals surface area (Å²) in [4.78, 5) is 16.4. The fourth-order valence-electron chi connectivity index (χ4n) is 2.54. The number of rotatable bonds is 8. The molecule has 0 saturated carbocycles. The van der Waals surface area contributed by atoms with Crippen LogP contribution in [0.3, 0.4) is 0 Å². The van der Waals surface area contributed by atoms with E-state index in [1.807, 2.05) is 12.3 Å². The quantitative estimate of drug-likeness (QED) is 0.279. The minimum absolute atomic E-state index is 0.309. The van der Waals surface area contributed by atoms with Crippen LogP contribution in [0.25, 0.3) is 16.8 Å². The van der Waals surface area contributed by atoms with Crippen molar-refractivity contribution in [2.75, 3.05) is 11.9 Å². The van der Waals surface area contributed by atoms with Crippen molar-refractivity contribution in [3.8, 4) is 17.3 Å². The molecule has 5 nitrogen and oxygen atoms in total. The second kappa shape index (κ2) is 10.3. The predicted molar refractivity (Wildman–Crippen MR) is 116 cm³/mol. The van der Waals surface area contributed by atoms with E-state index in [0.717, 1.165) is 24.1 Å². The summed E-state index contributed by atoms with van der Waals surface area (Å²) in [7, 11) is 0. The molecule has 7 heteroatoms. The zero-order valence-corrected chi connectivity index (χ0v) is 17.2. The van der Waals surface area contributed by atoms with Crippen LogP contribution in [0.2, 0.25) is 0 Å². The number of nitrogens with one attached hydrogen (secondary N) is 1. The number of nitriles is 1. The van der Waals surface area contributed by atoms with Crippen molar-refractivity contribution < 1.29 is 13.9 Å². The monoisotopic (exact) mass is 421 g/mol. The maximum atomic E-state index is 13.1. The van der Waals surface area contributed by atoms with Gasteiger partial charge in [-0.2, -0.15) is 5.26 Å². The van der Waals surface area contributed by atoms with E-state index in [2.05, 4.69) is 16.4 Å². The lowest BCUT2D eigenvalue weighted by atomic mass is 10.2. The first kappa shape index (κ1) is 21.2. The normalized spacial score (nSPS) is 11.0. The molecule has 3 rings (SSSR count). The zero-order chi connectivity index (χ0) is 21.3. The highest BCUT2D eigenvalue weighted by atomic mass is 32.1. The van der Waals surface area contributed by atoms with Crippen LogP contribution in [0.4, 0.5) is 10.1 Å². The van der Waals surface area contributed by atoms with E-state index in [1.54, 1.807) is 42.6 Å². The molecule has 1 aromatic heterocycles. The van der Waals surface area contributed by atoms with Gasteiger partial charge in [0.15, 0.2) is 0 Å². The largest absolute Gasteiger partial charge is 0.462 e. The van der Waals surface area contributed by atoms with Crippen molar-refractivity contribution in [3.05, 3.63) is 76.5 Å². The number of benzene rings is 2. The summed E-state index contributed by atoms with van der Waals surface area (Å²) in [5, 5.41) is 14.9. The van der Waals surface area contributed by atoms with Gasteiger partial charge in [0.1, 0.15) is 22.5 Å². The smallest absolute Gasteiger partial charge is 0.338 e. The molecular formula is C23H20FN3O2S. The van der Waals surface area contributed by atoms with Crippen molar-refractivity contribution >= 4 is 28.6 Å². The Morgan fingerprint density at radius 2 is 1.97 bits per heavy atom. The molecule has 2 aromatic carbocycles. The summed E-state index contributed by atoms with van der Waals surface area (Å²) in [6.07, 6.45) is 3.38. The second-order valence-corrected chi connectivity index (χ2v) is 7.28. The Hall–Kier alpha value is -3.50. The molecular weight excluding hydrogens is 401 g/mol. The average Bonchev–Trinajstić information content (AvgIpc) is 3.25. The molecule has 0 atom stereocenters. The predicted octanol–water partition coefficient (Wildman–Crippen LogP) is 5.88. The fraction of sp³-hybridized carbons (Fsp3) is 0.174. The summed E-state index contributed by atoms with van der Waals surface area (Å²) in [6, 6.07) is 15.0. The molecule has 3 aromatic rings. The average molecular weight is 421 g/mol. The van der Waals surface area contributed by atoms with Crippen molar-refractivity contribution in [2.45, 2.75) is 19.8 Å². The van der Waals surface area contributed by atoms with Crippen molar-refractivity contribution in [2.24, 2.45) is 0 Å². The van der Waals surface area contributed by atoms with E-state index >= 15 is 0 Å². The molecule has 0 aliphatic heterocycles. The van der Waals surface area contributed by atoms with E-state index in [-0.39, 0.29) is 11.8 Å². The Labute approximate surface area is 178 Å². The Morgan fingerprint density at radius 1 is 1.23 bits per heavy atom. The number of halogens is 1. The van der Waals surface area contributed by atoms with Crippen LogP contribution >= 0.6 is 11.3 Å². The third-order valence-electron chi connectivity index (χ3n) is 4.23. The van der Waals surface area contributed by atoms with Crippen molar-refractivity contribution in [1.82, 2.24) is 4.98 Å². The van der Waals surface area contributed by atoms with Gasteiger partial charge in [0.25, 0.3) is 0 Å². The Bertz CT molecular complexity index is 1070. The van der Waals surface area contributed by atoms with Crippen molar-refractivity contribution in [1.29, 1.82) is 5.26 Å². The molecule has 0 aliphatic carbocycles. The highest BCUT2D eigenvalue weighted by molar-refractivity contribution is 7.11. The van der Waals surface area contributed by atoms with Crippen LogP contribution in [-0.4, -0.2) is 17.6 Å². The molecule has 1 heterocycles. The summed E-state index contributed by atoms with van der Waals surface area (Å²) in [5.74, 6) is -0.657. The first-order chi connectivity index (χ1) is 14.6. The lowest BCUT2D eigenvalue weighted by Crippen LogP contribution is -2.06. The summed E-state index contributed by atoms with van der Waals surface area (Å²) in [6.45, 7) is 2.45. The van der Waals surface area contributed by atoms with Gasteiger partial charge in [0.05, 0.1) is 17.9 Å². The number of ether oxygens (including phenoxy) is 1. The number of allylic oxidation sites excluding steroid dienone is 1. The van der Waals surface area contributed by atoms with Crippen LogP contribution in [0, 0.1) is 17.1 Å². The van der Waals surface area contributed by atoms with Gasteiger partial charge in [-0.05, 0) is 55.0 Å². The number of unbranched alkanes of at least 4 members (excludes halogenated alkanes) is 1. The molecule has 0 aliphatic rings. The highest BCUT2D eigenvalue weighted by Gasteiger charge is 2.10. The number of carbonyl (C=O) groups is 1. The molecule has 0 radical (unpaired) electrons. The van der Waals surface area contributed by atoms with Gasteiger partial charge in [-0.15, -0.1) is 11.3 Å². The van der Waals surface area contributed by atoms with Gasteiger partial charge in [0.2, 0.25) is 0 Å². The van der Waals surface area contributed by atoms with Crippen molar-refractivity contribution in [3.63, 3.8) is 0 Å². The minimum atomic E-state index is -0.348. The van der Waals surface area contributed by atoms with Crippen LogP contribution in [-0.2, 0) is 4.74 Å². The SMILES string of the molecule is CCCCOC(=O)c1ccc(NC=C(C#N)c2nc(-c3ccc(F)cc3)cs2)cc1. The maximum absolute atomic E-state index is 13.1. The number of aromatic nitrogens is 1. The molecule has 1 N–H and O–H groups in total. The van der Waals surface area contributed by atoms with Crippen LogP contribution in [0.1, 0.15) is 35.1 Å². The summed E-state index contributed by atoms with van der Waals surface area (Å²) >= 11 is 1.34. The van der Waals surface area contributed by atoms with Gasteiger partial charge < -0.3 is 10.1 Å². The Kier molecular flexibility index (Phi) is 7.30. The highest BCUT2D eigenvalue weighted by Crippen LogP contribution is 2.26. The fourth-order valence-corrected chi connectivity index (χ4v) is 3.34. The number of anilines is 1. The number of thiazole rings is 1. The van der Waals surface area contributed by atoms with E-state index in [0.29, 0.717) is 28.4 Å². The summed E-state index contributed by atoms with van der Waals surface area (Å²) in [5.41, 5.74) is 3.04. The molecule has 152 valence electrons. The van der Waals surface area contributed by atoms with Crippen LogP contribution in [0.5, 0.6) is 0 Å². The van der Waals surface area contributed by atoms with Gasteiger partial charge in [-0.3, -0.25) is 0 Å². The van der Waals surface area contributed by atoms with E-state index in [4.69, 9.17) is 4.74 Å². The maximum Gasteiger partial charge on any atom is 0.338 e. The standard InChI is InChI=1S/C23H20FN3O2S/c1-2-3-12-29-23(28)17-6-10-20(11-7-17)26-14-18(13-25)22-27-21(15-30-22)16-4-8-19(24)9-5-16/h4-11,14-15,26H,2-3,12H2,1H3. The third kappa shape index (κ3) is 5.52. The van der Waals surface area contributed by atoms with Crippen LogP contribution < -0.4 is 5.32 Å². The second-order valence-electron chi connectivity index (χ2n) is 6.43. The zero-order valence-electron chi connectivity index (χ0n) is 16.4. The van der Waals surface area contributed by atoms with Gasteiger partial charge in [-0.1, -0.05) is 13.3 Å². The number of nitrogens with zero attached hydrogens (tertiary/aromatic N) is 2. The topological polar surface area (TPSA) is 75.0 Å². The van der Waals surface area contributed by atoms with Crippen LogP contribution in [0.15, 0.2) is 60.1 Å². The minimum Gasteiger partial charge on any atom is -0.462 e. The van der Waals surface area contributed by atoms with Gasteiger partial charge in [-0.25, -0.2) is 14.2 Å². The molecule has 0 spiro atoms.